The third-order valence-electron chi connectivity index (χ3n) is 4.62. The largest absolute Gasteiger partial charge is 0.315 e. The number of nitrogens with zero attached hydrogens (tertiary/aromatic N) is 1. The van der Waals surface area contributed by atoms with Crippen LogP contribution in [0.4, 0.5) is 0 Å². The first-order chi connectivity index (χ1) is 8.10. The Labute approximate surface area is 108 Å². The van der Waals surface area contributed by atoms with E-state index in [2.05, 4.69) is 37.9 Å². The molecule has 0 aromatic heterocycles. The number of hydrogen-bond acceptors (Lipinski definition) is 2. The summed E-state index contributed by atoms with van der Waals surface area (Å²) < 4.78 is 0. The van der Waals surface area contributed by atoms with Crippen LogP contribution in [0.3, 0.4) is 0 Å². The molecule has 1 aliphatic carbocycles. The van der Waals surface area contributed by atoms with Crippen LogP contribution in [0.1, 0.15) is 53.4 Å². The molecule has 0 radical (unpaired) electrons. The van der Waals surface area contributed by atoms with Crippen molar-refractivity contribution in [2.75, 3.05) is 32.7 Å². The van der Waals surface area contributed by atoms with E-state index in [1.165, 1.54) is 51.9 Å². The van der Waals surface area contributed by atoms with Crippen molar-refractivity contribution in [2.45, 2.75) is 53.4 Å². The van der Waals surface area contributed by atoms with Crippen molar-refractivity contribution < 1.29 is 0 Å². The molecule has 0 amide bonds. The summed E-state index contributed by atoms with van der Waals surface area (Å²) in [6.07, 6.45) is 5.70. The first-order valence-corrected chi connectivity index (χ1v) is 7.53. The van der Waals surface area contributed by atoms with E-state index in [0.29, 0.717) is 5.41 Å². The highest BCUT2D eigenvalue weighted by Gasteiger charge is 2.31. The lowest BCUT2D eigenvalue weighted by Crippen LogP contribution is -2.39. The van der Waals surface area contributed by atoms with Crippen LogP contribution in [0.5, 0.6) is 0 Å². The average molecular weight is 240 g/mol. The Morgan fingerprint density at radius 1 is 1.18 bits per heavy atom. The summed E-state index contributed by atoms with van der Waals surface area (Å²) >= 11 is 0. The van der Waals surface area contributed by atoms with Gasteiger partial charge in [-0.05, 0) is 43.8 Å². The summed E-state index contributed by atoms with van der Waals surface area (Å²) in [5, 5.41) is 3.67. The lowest BCUT2D eigenvalue weighted by Gasteiger charge is -2.39. The maximum atomic E-state index is 3.67. The van der Waals surface area contributed by atoms with Crippen LogP contribution in [0.25, 0.3) is 0 Å². The van der Waals surface area contributed by atoms with Crippen molar-refractivity contribution in [3.05, 3.63) is 0 Å². The number of nitrogens with one attached hydrogen (secondary N) is 1. The Balaban J connectivity index is 2.17. The van der Waals surface area contributed by atoms with Crippen molar-refractivity contribution in [1.82, 2.24) is 10.2 Å². The standard InChI is InChI=1S/C15H32N2/c1-5-17(6-2)12-11-16-13-14-9-7-8-10-15(14,3)4/h14,16H,5-13H2,1-4H3. The molecule has 102 valence electrons. The van der Waals surface area contributed by atoms with Crippen molar-refractivity contribution in [1.29, 1.82) is 0 Å². The van der Waals surface area contributed by atoms with E-state index in [4.69, 9.17) is 0 Å². The van der Waals surface area contributed by atoms with Gasteiger partial charge in [-0.2, -0.15) is 0 Å². The zero-order chi connectivity index (χ0) is 12.7. The molecule has 0 bridgehead atoms. The van der Waals surface area contributed by atoms with Gasteiger partial charge in [0.2, 0.25) is 0 Å². The molecule has 1 N–H and O–H groups in total. The molecule has 1 saturated carbocycles. The molecule has 0 heterocycles. The van der Waals surface area contributed by atoms with E-state index in [1.807, 2.05) is 0 Å². The molecule has 0 aliphatic heterocycles. The van der Waals surface area contributed by atoms with Gasteiger partial charge in [-0.3, -0.25) is 0 Å². The highest BCUT2D eigenvalue weighted by Crippen LogP contribution is 2.39. The summed E-state index contributed by atoms with van der Waals surface area (Å²) in [5.41, 5.74) is 0.556. The van der Waals surface area contributed by atoms with Gasteiger partial charge in [0.25, 0.3) is 0 Å². The molecule has 17 heavy (non-hydrogen) atoms. The normalized spacial score (nSPS) is 24.2. The van der Waals surface area contributed by atoms with Gasteiger partial charge in [-0.15, -0.1) is 0 Å². The average Bonchev–Trinajstić information content (AvgIpc) is 2.31. The molecule has 0 aromatic carbocycles. The van der Waals surface area contributed by atoms with Gasteiger partial charge >= 0.3 is 0 Å². The summed E-state index contributed by atoms with van der Waals surface area (Å²) in [7, 11) is 0. The lowest BCUT2D eigenvalue weighted by atomic mass is 9.69. The topological polar surface area (TPSA) is 15.3 Å². The third-order valence-corrected chi connectivity index (χ3v) is 4.62. The molecule has 1 fully saturated rings. The summed E-state index contributed by atoms with van der Waals surface area (Å²) in [6.45, 7) is 15.3. The second-order valence-corrected chi connectivity index (χ2v) is 6.16. The van der Waals surface area contributed by atoms with Crippen LogP contribution in [0, 0.1) is 11.3 Å². The van der Waals surface area contributed by atoms with Gasteiger partial charge in [0.15, 0.2) is 0 Å². The Morgan fingerprint density at radius 3 is 2.47 bits per heavy atom. The maximum Gasteiger partial charge on any atom is 0.0107 e. The van der Waals surface area contributed by atoms with Gasteiger partial charge in [-0.25, -0.2) is 0 Å². The number of likely N-dealkylation sites (N-methyl/N-ethyl adjacent to an activating group) is 1. The minimum atomic E-state index is 0.556. The van der Waals surface area contributed by atoms with Gasteiger partial charge < -0.3 is 10.2 Å². The zero-order valence-corrected chi connectivity index (χ0v) is 12.4. The van der Waals surface area contributed by atoms with E-state index >= 15 is 0 Å². The van der Waals surface area contributed by atoms with Crippen molar-refractivity contribution >= 4 is 0 Å². The smallest absolute Gasteiger partial charge is 0.0107 e. The third kappa shape index (κ3) is 4.97. The molecule has 0 aromatic rings. The molecule has 1 unspecified atom stereocenters. The maximum absolute atomic E-state index is 3.67. The fourth-order valence-corrected chi connectivity index (χ4v) is 3.00. The lowest BCUT2D eigenvalue weighted by molar-refractivity contribution is 0.134. The molecule has 1 rings (SSSR count). The molecule has 2 nitrogen and oxygen atoms in total. The van der Waals surface area contributed by atoms with Crippen LogP contribution >= 0.6 is 0 Å². The molecule has 1 atom stereocenters. The molecular formula is C15H32N2. The van der Waals surface area contributed by atoms with E-state index in [-0.39, 0.29) is 0 Å². The molecule has 0 saturated heterocycles. The van der Waals surface area contributed by atoms with Gasteiger partial charge in [0, 0.05) is 13.1 Å². The fraction of sp³-hybridized carbons (Fsp3) is 1.00. The van der Waals surface area contributed by atoms with Gasteiger partial charge in [-0.1, -0.05) is 40.5 Å². The van der Waals surface area contributed by atoms with E-state index in [0.717, 1.165) is 12.5 Å². The monoisotopic (exact) mass is 240 g/mol. The number of rotatable bonds is 7. The predicted octanol–water partition coefficient (Wildman–Crippen LogP) is 3.13. The SMILES string of the molecule is CCN(CC)CCNCC1CCCCC1(C)C. The molecule has 1 aliphatic rings. The minimum Gasteiger partial charge on any atom is -0.315 e. The minimum absolute atomic E-state index is 0.556. The predicted molar refractivity (Wildman–Crippen MR) is 76.4 cm³/mol. The second kappa shape index (κ2) is 7.38. The van der Waals surface area contributed by atoms with Crippen LogP contribution in [-0.4, -0.2) is 37.6 Å². The highest BCUT2D eigenvalue weighted by molar-refractivity contribution is 4.83. The highest BCUT2D eigenvalue weighted by atomic mass is 15.1. The summed E-state index contributed by atoms with van der Waals surface area (Å²) in [4.78, 5) is 2.49. The van der Waals surface area contributed by atoms with Crippen molar-refractivity contribution in [3.63, 3.8) is 0 Å². The Bertz CT molecular complexity index is 197. The first kappa shape index (κ1) is 15.0. The molecule has 2 heteroatoms. The fourth-order valence-electron chi connectivity index (χ4n) is 3.00. The molecular weight excluding hydrogens is 208 g/mol. The van der Waals surface area contributed by atoms with Crippen LogP contribution in [0.2, 0.25) is 0 Å². The van der Waals surface area contributed by atoms with Crippen molar-refractivity contribution in [2.24, 2.45) is 11.3 Å². The first-order valence-electron chi connectivity index (χ1n) is 7.53. The van der Waals surface area contributed by atoms with Crippen LogP contribution < -0.4 is 5.32 Å². The van der Waals surface area contributed by atoms with E-state index in [9.17, 15) is 0 Å². The van der Waals surface area contributed by atoms with Crippen LogP contribution in [-0.2, 0) is 0 Å². The van der Waals surface area contributed by atoms with Gasteiger partial charge in [0.1, 0.15) is 0 Å². The van der Waals surface area contributed by atoms with E-state index in [1.54, 1.807) is 0 Å². The number of hydrogen-bond donors (Lipinski definition) is 1. The van der Waals surface area contributed by atoms with Crippen LogP contribution in [0.15, 0.2) is 0 Å². The van der Waals surface area contributed by atoms with Crippen molar-refractivity contribution in [3.8, 4) is 0 Å². The summed E-state index contributed by atoms with van der Waals surface area (Å²) in [6, 6.07) is 0. The Kier molecular flexibility index (Phi) is 6.50. The van der Waals surface area contributed by atoms with E-state index < -0.39 is 0 Å². The zero-order valence-electron chi connectivity index (χ0n) is 12.4. The second-order valence-electron chi connectivity index (χ2n) is 6.16. The quantitative estimate of drug-likeness (QED) is 0.688. The Morgan fingerprint density at radius 2 is 1.88 bits per heavy atom. The molecule has 0 spiro atoms. The summed E-state index contributed by atoms with van der Waals surface area (Å²) in [5.74, 6) is 0.882. The van der Waals surface area contributed by atoms with Gasteiger partial charge in [0.05, 0.1) is 0 Å². The Hall–Kier alpha value is -0.0800.